The summed E-state index contributed by atoms with van der Waals surface area (Å²) in [5.74, 6) is -0.888. The number of amides is 2. The van der Waals surface area contributed by atoms with Crippen LogP contribution in [-0.4, -0.2) is 65.7 Å². The minimum atomic E-state index is -0.888. The number of carboxylic acid groups (broad SMARTS) is 1. The van der Waals surface area contributed by atoms with Crippen molar-refractivity contribution in [3.8, 4) is 0 Å². The second-order valence-electron chi connectivity index (χ2n) is 4.21. The predicted octanol–water partition coefficient (Wildman–Crippen LogP) is -0.439. The lowest BCUT2D eigenvalue weighted by molar-refractivity contribution is -0.141. The average molecular weight is 227 g/mol. The Morgan fingerprint density at radius 1 is 1.19 bits per heavy atom. The van der Waals surface area contributed by atoms with Gasteiger partial charge >= 0.3 is 12.0 Å². The molecule has 2 heterocycles. The van der Waals surface area contributed by atoms with Crippen LogP contribution >= 0.6 is 0 Å². The number of piperazine rings is 1. The fourth-order valence-electron chi connectivity index (χ4n) is 2.29. The third-order valence-corrected chi connectivity index (χ3v) is 3.17. The van der Waals surface area contributed by atoms with Gasteiger partial charge in [-0.2, -0.15) is 0 Å². The van der Waals surface area contributed by atoms with Crippen LogP contribution in [0.4, 0.5) is 4.79 Å². The van der Waals surface area contributed by atoms with Crippen LogP contribution in [0, 0.1) is 0 Å². The normalized spacial score (nSPS) is 25.9. The number of hydrogen-bond acceptors (Lipinski definition) is 3. The highest BCUT2D eigenvalue weighted by Gasteiger charge is 2.36. The molecule has 0 aromatic carbocycles. The Balaban J connectivity index is 1.99. The minimum absolute atomic E-state index is 0.119. The number of hydrogen-bond donors (Lipinski definition) is 2. The van der Waals surface area contributed by atoms with Crippen LogP contribution in [0.1, 0.15) is 12.8 Å². The predicted molar refractivity (Wildman–Crippen MR) is 57.2 cm³/mol. The number of nitrogens with zero attached hydrogens (tertiary/aromatic N) is 2. The fourth-order valence-corrected chi connectivity index (χ4v) is 2.29. The van der Waals surface area contributed by atoms with Gasteiger partial charge in [0, 0.05) is 32.7 Å². The van der Waals surface area contributed by atoms with Crippen LogP contribution in [0.3, 0.4) is 0 Å². The van der Waals surface area contributed by atoms with E-state index in [0.717, 1.165) is 19.5 Å². The standard InChI is InChI=1S/C10H17N3O3/c14-9(15)8-2-1-5-13(8)10(16)12-6-3-11-4-7-12/h8,11H,1-7H2,(H,14,15). The van der Waals surface area contributed by atoms with Gasteiger partial charge in [0.15, 0.2) is 0 Å². The molecule has 2 N–H and O–H groups in total. The zero-order valence-electron chi connectivity index (χ0n) is 9.19. The molecular formula is C10H17N3O3. The summed E-state index contributed by atoms with van der Waals surface area (Å²) in [6.07, 6.45) is 1.36. The Labute approximate surface area is 94.2 Å². The molecule has 90 valence electrons. The SMILES string of the molecule is O=C(O)C1CCCN1C(=O)N1CCNCC1. The van der Waals surface area contributed by atoms with Crippen molar-refractivity contribution in [3.05, 3.63) is 0 Å². The molecule has 2 aliphatic rings. The van der Waals surface area contributed by atoms with E-state index in [0.29, 0.717) is 26.1 Å². The number of rotatable bonds is 1. The van der Waals surface area contributed by atoms with Gasteiger partial charge in [0.2, 0.25) is 0 Å². The summed E-state index contributed by atoms with van der Waals surface area (Å²) in [5, 5.41) is 12.2. The van der Waals surface area contributed by atoms with E-state index in [1.807, 2.05) is 0 Å². The van der Waals surface area contributed by atoms with Gasteiger partial charge in [0.05, 0.1) is 0 Å². The van der Waals surface area contributed by atoms with E-state index in [4.69, 9.17) is 5.11 Å². The lowest BCUT2D eigenvalue weighted by Crippen LogP contribution is -2.53. The highest BCUT2D eigenvalue weighted by molar-refractivity contribution is 5.83. The van der Waals surface area contributed by atoms with Crippen molar-refractivity contribution in [1.29, 1.82) is 0 Å². The van der Waals surface area contributed by atoms with Crippen molar-refractivity contribution >= 4 is 12.0 Å². The van der Waals surface area contributed by atoms with E-state index < -0.39 is 12.0 Å². The zero-order chi connectivity index (χ0) is 11.5. The molecule has 6 nitrogen and oxygen atoms in total. The minimum Gasteiger partial charge on any atom is -0.480 e. The summed E-state index contributed by atoms with van der Waals surface area (Å²) < 4.78 is 0. The molecule has 0 aromatic rings. The van der Waals surface area contributed by atoms with Gasteiger partial charge in [0.1, 0.15) is 6.04 Å². The maximum Gasteiger partial charge on any atom is 0.326 e. The van der Waals surface area contributed by atoms with Crippen LogP contribution in [0.5, 0.6) is 0 Å². The molecule has 2 aliphatic heterocycles. The number of nitrogens with one attached hydrogen (secondary N) is 1. The van der Waals surface area contributed by atoms with Crippen LogP contribution < -0.4 is 5.32 Å². The number of carbonyl (C=O) groups is 2. The molecule has 0 radical (unpaired) electrons. The summed E-state index contributed by atoms with van der Waals surface area (Å²) in [7, 11) is 0. The largest absolute Gasteiger partial charge is 0.480 e. The second kappa shape index (κ2) is 4.69. The number of aliphatic carboxylic acids is 1. The van der Waals surface area contributed by atoms with Crippen molar-refractivity contribution in [2.75, 3.05) is 32.7 Å². The summed E-state index contributed by atoms with van der Waals surface area (Å²) in [5.41, 5.74) is 0. The van der Waals surface area contributed by atoms with E-state index in [2.05, 4.69) is 5.32 Å². The second-order valence-corrected chi connectivity index (χ2v) is 4.21. The van der Waals surface area contributed by atoms with Crippen molar-refractivity contribution in [1.82, 2.24) is 15.1 Å². The summed E-state index contributed by atoms with van der Waals surface area (Å²) in [6, 6.07) is -0.742. The first-order valence-electron chi connectivity index (χ1n) is 5.69. The Kier molecular flexibility index (Phi) is 3.28. The van der Waals surface area contributed by atoms with Gasteiger partial charge in [-0.3, -0.25) is 0 Å². The lowest BCUT2D eigenvalue weighted by atomic mass is 10.2. The Morgan fingerprint density at radius 2 is 1.88 bits per heavy atom. The highest BCUT2D eigenvalue weighted by Crippen LogP contribution is 2.19. The quantitative estimate of drug-likeness (QED) is 0.637. The average Bonchev–Trinajstić information content (AvgIpc) is 2.78. The van der Waals surface area contributed by atoms with E-state index in [-0.39, 0.29) is 6.03 Å². The summed E-state index contributed by atoms with van der Waals surface area (Å²) in [4.78, 5) is 26.3. The zero-order valence-corrected chi connectivity index (χ0v) is 9.19. The Morgan fingerprint density at radius 3 is 2.50 bits per heavy atom. The first kappa shape index (κ1) is 11.2. The first-order chi connectivity index (χ1) is 7.70. The van der Waals surface area contributed by atoms with E-state index in [9.17, 15) is 9.59 Å². The van der Waals surface area contributed by atoms with Crippen molar-refractivity contribution in [3.63, 3.8) is 0 Å². The molecule has 0 saturated carbocycles. The topological polar surface area (TPSA) is 72.9 Å². The number of likely N-dealkylation sites (tertiary alicyclic amines) is 1. The summed E-state index contributed by atoms with van der Waals surface area (Å²) in [6.45, 7) is 3.48. The molecular weight excluding hydrogens is 210 g/mol. The fraction of sp³-hybridized carbons (Fsp3) is 0.800. The third-order valence-electron chi connectivity index (χ3n) is 3.17. The third kappa shape index (κ3) is 2.11. The maximum atomic E-state index is 12.1. The van der Waals surface area contributed by atoms with Crippen LogP contribution in [0.25, 0.3) is 0 Å². The van der Waals surface area contributed by atoms with Gasteiger partial charge in [0.25, 0.3) is 0 Å². The molecule has 2 fully saturated rings. The smallest absolute Gasteiger partial charge is 0.326 e. The molecule has 2 rings (SSSR count). The molecule has 2 amide bonds. The number of urea groups is 1. The Bertz CT molecular complexity index is 289. The highest BCUT2D eigenvalue weighted by atomic mass is 16.4. The molecule has 0 aromatic heterocycles. The van der Waals surface area contributed by atoms with Crippen molar-refractivity contribution < 1.29 is 14.7 Å². The van der Waals surface area contributed by atoms with Crippen molar-refractivity contribution in [2.45, 2.75) is 18.9 Å². The maximum absolute atomic E-state index is 12.1. The van der Waals surface area contributed by atoms with Gasteiger partial charge in [-0.05, 0) is 12.8 Å². The molecule has 0 bridgehead atoms. The summed E-state index contributed by atoms with van der Waals surface area (Å²) >= 11 is 0. The van der Waals surface area contributed by atoms with Gasteiger partial charge in [-0.25, -0.2) is 9.59 Å². The number of carbonyl (C=O) groups excluding carboxylic acids is 1. The van der Waals surface area contributed by atoms with E-state index in [1.54, 1.807) is 4.90 Å². The van der Waals surface area contributed by atoms with Gasteiger partial charge in [-0.1, -0.05) is 0 Å². The molecule has 16 heavy (non-hydrogen) atoms. The first-order valence-corrected chi connectivity index (χ1v) is 5.69. The number of carboxylic acids is 1. The molecule has 0 spiro atoms. The molecule has 1 unspecified atom stereocenters. The van der Waals surface area contributed by atoms with Gasteiger partial charge < -0.3 is 20.2 Å². The Hall–Kier alpha value is -1.30. The molecule has 1 atom stereocenters. The monoisotopic (exact) mass is 227 g/mol. The van der Waals surface area contributed by atoms with Gasteiger partial charge in [-0.15, -0.1) is 0 Å². The molecule has 2 saturated heterocycles. The van der Waals surface area contributed by atoms with Crippen LogP contribution in [0.15, 0.2) is 0 Å². The van der Waals surface area contributed by atoms with Crippen LogP contribution in [-0.2, 0) is 4.79 Å². The van der Waals surface area contributed by atoms with Crippen molar-refractivity contribution in [2.24, 2.45) is 0 Å². The molecule has 6 heteroatoms. The molecule has 0 aliphatic carbocycles. The van der Waals surface area contributed by atoms with E-state index in [1.165, 1.54) is 4.90 Å². The lowest BCUT2D eigenvalue weighted by Gasteiger charge is -2.33. The van der Waals surface area contributed by atoms with E-state index >= 15 is 0 Å². The van der Waals surface area contributed by atoms with Crippen LogP contribution in [0.2, 0.25) is 0 Å².